The van der Waals surface area contributed by atoms with E-state index in [4.69, 9.17) is 9.47 Å². The summed E-state index contributed by atoms with van der Waals surface area (Å²) in [5.74, 6) is 0.577. The molecule has 200 valence electrons. The molecule has 11 heteroatoms. The number of sulfonamides is 1. The lowest BCUT2D eigenvalue weighted by molar-refractivity contribution is 0.0691. The number of carbonyl (C=O) groups excluding carboxylic acids is 1. The Bertz CT molecular complexity index is 1710. The van der Waals surface area contributed by atoms with Gasteiger partial charge < -0.3 is 14.4 Å². The van der Waals surface area contributed by atoms with Crippen LogP contribution in [0.5, 0.6) is 11.5 Å². The van der Waals surface area contributed by atoms with E-state index in [2.05, 4.69) is 5.10 Å². The molecule has 0 saturated carbocycles. The molecule has 2 aliphatic heterocycles. The smallest absolute Gasteiger partial charge is 0.275 e. The highest BCUT2D eigenvalue weighted by Crippen LogP contribution is 2.33. The predicted octanol–water partition coefficient (Wildman–Crippen LogP) is 2.36. The van der Waals surface area contributed by atoms with Gasteiger partial charge in [-0.1, -0.05) is 48.5 Å². The first-order valence-corrected chi connectivity index (χ1v) is 14.1. The monoisotopic (exact) mass is 546 g/mol. The zero-order valence-corrected chi connectivity index (χ0v) is 21.8. The SMILES string of the molecule is O=C(c1nn(Cc2ccccc2)c(=O)c2ccccc12)N1CCN(S(=O)(=O)c2ccc3c(c2)OCCO3)CC1. The standard InChI is InChI=1S/C28H26N4O6S/c33-27-23-9-5-4-8-22(23)26(29-32(27)19-20-6-2-1-3-7-20)28(34)30-12-14-31(15-13-30)39(35,36)21-10-11-24-25(18-21)38-17-16-37-24/h1-11,18H,12-17,19H2. The highest BCUT2D eigenvalue weighted by Gasteiger charge is 2.32. The number of hydrogen-bond acceptors (Lipinski definition) is 7. The quantitative estimate of drug-likeness (QED) is 0.378. The zero-order valence-electron chi connectivity index (χ0n) is 21.0. The molecule has 0 radical (unpaired) electrons. The lowest BCUT2D eigenvalue weighted by Crippen LogP contribution is -2.50. The second-order valence-corrected chi connectivity index (χ2v) is 11.3. The number of piperazine rings is 1. The summed E-state index contributed by atoms with van der Waals surface area (Å²) in [5, 5.41) is 5.37. The van der Waals surface area contributed by atoms with Crippen molar-refractivity contribution in [1.29, 1.82) is 0 Å². The lowest BCUT2D eigenvalue weighted by Gasteiger charge is -2.34. The third-order valence-electron chi connectivity index (χ3n) is 6.92. The van der Waals surface area contributed by atoms with Gasteiger partial charge in [-0.25, -0.2) is 13.1 Å². The number of aromatic nitrogens is 2. The molecular weight excluding hydrogens is 520 g/mol. The number of rotatable bonds is 5. The number of amides is 1. The third-order valence-corrected chi connectivity index (χ3v) is 8.82. The van der Waals surface area contributed by atoms with Crippen LogP contribution in [0, 0.1) is 0 Å². The van der Waals surface area contributed by atoms with Crippen molar-refractivity contribution in [2.24, 2.45) is 0 Å². The van der Waals surface area contributed by atoms with Crippen molar-refractivity contribution in [3.8, 4) is 11.5 Å². The molecule has 1 saturated heterocycles. The first-order valence-electron chi connectivity index (χ1n) is 12.6. The van der Waals surface area contributed by atoms with E-state index in [1.807, 2.05) is 30.3 Å². The van der Waals surface area contributed by atoms with Crippen LogP contribution in [0.1, 0.15) is 16.1 Å². The number of carbonyl (C=O) groups is 1. The highest BCUT2D eigenvalue weighted by molar-refractivity contribution is 7.89. The fourth-order valence-electron chi connectivity index (χ4n) is 4.87. The van der Waals surface area contributed by atoms with Crippen LogP contribution >= 0.6 is 0 Å². The molecule has 1 amide bonds. The summed E-state index contributed by atoms with van der Waals surface area (Å²) >= 11 is 0. The summed E-state index contributed by atoms with van der Waals surface area (Å²) in [6, 6.07) is 21.0. The van der Waals surface area contributed by atoms with E-state index in [0.717, 1.165) is 5.56 Å². The summed E-state index contributed by atoms with van der Waals surface area (Å²) in [5.41, 5.74) is 0.782. The fraction of sp³-hybridized carbons (Fsp3) is 0.250. The topological polar surface area (TPSA) is 111 Å². The van der Waals surface area contributed by atoms with Gasteiger partial charge in [-0.3, -0.25) is 9.59 Å². The number of nitrogens with zero attached hydrogens (tertiary/aromatic N) is 4. The molecule has 3 aromatic carbocycles. The minimum atomic E-state index is -3.79. The minimum absolute atomic E-state index is 0.118. The molecule has 0 bridgehead atoms. The zero-order chi connectivity index (χ0) is 27.0. The second-order valence-electron chi connectivity index (χ2n) is 9.34. The molecular formula is C28H26N4O6S. The van der Waals surface area contributed by atoms with Gasteiger partial charge >= 0.3 is 0 Å². The van der Waals surface area contributed by atoms with E-state index in [0.29, 0.717) is 35.5 Å². The van der Waals surface area contributed by atoms with Crippen LogP contribution in [0.15, 0.2) is 82.5 Å². The molecule has 39 heavy (non-hydrogen) atoms. The van der Waals surface area contributed by atoms with Crippen LogP contribution < -0.4 is 15.0 Å². The van der Waals surface area contributed by atoms with E-state index in [9.17, 15) is 18.0 Å². The number of fused-ring (bicyclic) bond motifs is 2. The first-order chi connectivity index (χ1) is 18.9. The number of hydrogen-bond donors (Lipinski definition) is 0. The van der Waals surface area contributed by atoms with Gasteiger partial charge in [0.15, 0.2) is 17.2 Å². The summed E-state index contributed by atoms with van der Waals surface area (Å²) in [4.78, 5) is 28.5. The van der Waals surface area contributed by atoms with Crippen molar-refractivity contribution in [2.45, 2.75) is 11.4 Å². The minimum Gasteiger partial charge on any atom is -0.486 e. The van der Waals surface area contributed by atoms with Gasteiger partial charge in [-0.2, -0.15) is 9.40 Å². The molecule has 0 spiro atoms. The van der Waals surface area contributed by atoms with Crippen molar-refractivity contribution in [3.63, 3.8) is 0 Å². The normalized spacial score (nSPS) is 15.8. The van der Waals surface area contributed by atoms with E-state index in [1.54, 1.807) is 35.2 Å². The van der Waals surface area contributed by atoms with Crippen LogP contribution in [-0.2, 0) is 16.6 Å². The van der Waals surface area contributed by atoms with Crippen LogP contribution in [-0.4, -0.2) is 72.7 Å². The Morgan fingerprint density at radius 1 is 0.821 bits per heavy atom. The fourth-order valence-corrected chi connectivity index (χ4v) is 6.31. The number of benzene rings is 3. The Kier molecular flexibility index (Phi) is 6.53. The summed E-state index contributed by atoms with van der Waals surface area (Å²) < 4.78 is 40.4. The maximum absolute atomic E-state index is 13.7. The molecule has 6 rings (SSSR count). The van der Waals surface area contributed by atoms with Crippen molar-refractivity contribution in [2.75, 3.05) is 39.4 Å². The maximum Gasteiger partial charge on any atom is 0.275 e. The van der Waals surface area contributed by atoms with Crippen LogP contribution in [0.3, 0.4) is 0 Å². The van der Waals surface area contributed by atoms with E-state index in [1.165, 1.54) is 21.1 Å². The Labute approximate surface area is 225 Å². The Balaban J connectivity index is 1.24. The first kappa shape index (κ1) is 25.1. The molecule has 1 fully saturated rings. The van der Waals surface area contributed by atoms with Crippen LogP contribution in [0.25, 0.3) is 10.8 Å². The Hall–Kier alpha value is -4.22. The number of ether oxygens (including phenoxy) is 2. The molecule has 4 aromatic rings. The molecule has 0 N–H and O–H groups in total. The van der Waals surface area contributed by atoms with Crippen LogP contribution in [0.2, 0.25) is 0 Å². The van der Waals surface area contributed by atoms with Crippen molar-refractivity contribution < 1.29 is 22.7 Å². The van der Waals surface area contributed by atoms with Gasteiger partial charge in [0.1, 0.15) is 13.2 Å². The third kappa shape index (κ3) is 4.75. The highest BCUT2D eigenvalue weighted by atomic mass is 32.2. The maximum atomic E-state index is 13.7. The summed E-state index contributed by atoms with van der Waals surface area (Å²) in [6.45, 7) is 1.65. The van der Waals surface area contributed by atoms with Gasteiger partial charge in [0.05, 0.1) is 16.8 Å². The average Bonchev–Trinajstić information content (AvgIpc) is 2.98. The lowest BCUT2D eigenvalue weighted by atomic mass is 10.1. The van der Waals surface area contributed by atoms with Crippen LogP contribution in [0.4, 0.5) is 0 Å². The summed E-state index contributed by atoms with van der Waals surface area (Å²) in [7, 11) is -3.79. The molecule has 1 aromatic heterocycles. The molecule has 2 aliphatic rings. The largest absolute Gasteiger partial charge is 0.486 e. The van der Waals surface area contributed by atoms with Gasteiger partial charge in [0.25, 0.3) is 11.5 Å². The van der Waals surface area contributed by atoms with Crippen molar-refractivity contribution >= 4 is 26.7 Å². The van der Waals surface area contributed by atoms with Gasteiger partial charge in [0.2, 0.25) is 10.0 Å². The van der Waals surface area contributed by atoms with Crippen molar-refractivity contribution in [1.82, 2.24) is 19.0 Å². The predicted molar refractivity (Wildman–Crippen MR) is 144 cm³/mol. The van der Waals surface area contributed by atoms with E-state index >= 15 is 0 Å². The van der Waals surface area contributed by atoms with Crippen molar-refractivity contribution in [3.05, 3.63) is 94.4 Å². The molecule has 0 unspecified atom stereocenters. The molecule has 10 nitrogen and oxygen atoms in total. The van der Waals surface area contributed by atoms with E-state index < -0.39 is 10.0 Å². The Morgan fingerprint density at radius 2 is 1.49 bits per heavy atom. The molecule has 3 heterocycles. The second kappa shape index (κ2) is 10.2. The summed E-state index contributed by atoms with van der Waals surface area (Å²) in [6.07, 6.45) is 0. The molecule has 0 atom stereocenters. The molecule has 0 aliphatic carbocycles. The van der Waals surface area contributed by atoms with E-state index in [-0.39, 0.29) is 54.8 Å². The average molecular weight is 547 g/mol. The van der Waals surface area contributed by atoms with Gasteiger partial charge in [-0.15, -0.1) is 0 Å². The van der Waals surface area contributed by atoms with Gasteiger partial charge in [0, 0.05) is 37.6 Å². The van der Waals surface area contributed by atoms with Gasteiger partial charge in [-0.05, 0) is 23.8 Å². The Morgan fingerprint density at radius 3 is 2.23 bits per heavy atom.